The minimum Gasteiger partial charge on any atom is -0.475 e. The van der Waals surface area contributed by atoms with E-state index in [1.807, 2.05) is 6.07 Å². The van der Waals surface area contributed by atoms with E-state index in [0.717, 1.165) is 31.9 Å². The predicted octanol–water partition coefficient (Wildman–Crippen LogP) is 2.20. The number of aromatic carboxylic acids is 1. The highest BCUT2D eigenvalue weighted by molar-refractivity contribution is 5.86. The Bertz CT molecular complexity index is 466. The second kappa shape index (κ2) is 6.41. The summed E-state index contributed by atoms with van der Waals surface area (Å²) in [6.07, 6.45) is 1.17. The smallest absolute Gasteiger partial charge is 0.372 e. The third kappa shape index (κ3) is 3.22. The Kier molecular flexibility index (Phi) is 4.83. The zero-order valence-corrected chi connectivity index (χ0v) is 12.6. The number of carboxylic acid groups (broad SMARTS) is 1. The Labute approximate surface area is 120 Å². The summed E-state index contributed by atoms with van der Waals surface area (Å²) in [4.78, 5) is 15.8. The Morgan fingerprint density at radius 3 is 2.75 bits per heavy atom. The first-order valence-electron chi connectivity index (χ1n) is 7.34. The van der Waals surface area contributed by atoms with Crippen molar-refractivity contribution >= 4 is 5.97 Å². The van der Waals surface area contributed by atoms with E-state index in [-0.39, 0.29) is 5.76 Å². The lowest BCUT2D eigenvalue weighted by atomic mass is 10.2. The number of rotatable bonds is 6. The lowest BCUT2D eigenvalue weighted by molar-refractivity contribution is 0.0657. The SMILES string of the molecule is CCN(CC)C1CCN(Cc2cc(C)c(C(=O)O)o2)C1. The van der Waals surface area contributed by atoms with E-state index >= 15 is 0 Å². The molecule has 0 aliphatic carbocycles. The summed E-state index contributed by atoms with van der Waals surface area (Å²) < 4.78 is 5.43. The maximum Gasteiger partial charge on any atom is 0.372 e. The number of likely N-dealkylation sites (N-methyl/N-ethyl adjacent to an activating group) is 1. The highest BCUT2D eigenvalue weighted by Crippen LogP contribution is 2.21. The van der Waals surface area contributed by atoms with Crippen LogP contribution in [0.3, 0.4) is 0 Å². The summed E-state index contributed by atoms with van der Waals surface area (Å²) in [6.45, 7) is 11.1. The molecule has 0 aromatic carbocycles. The van der Waals surface area contributed by atoms with Crippen molar-refractivity contribution in [3.05, 3.63) is 23.2 Å². The molecule has 0 radical (unpaired) electrons. The third-order valence-corrected chi connectivity index (χ3v) is 4.12. The van der Waals surface area contributed by atoms with Gasteiger partial charge in [0.1, 0.15) is 5.76 Å². The highest BCUT2D eigenvalue weighted by atomic mass is 16.4. The summed E-state index contributed by atoms with van der Waals surface area (Å²) in [5, 5.41) is 9.00. The van der Waals surface area contributed by atoms with Gasteiger partial charge in [-0.2, -0.15) is 0 Å². The molecule has 2 heterocycles. The number of nitrogens with zero attached hydrogens (tertiary/aromatic N) is 2. The molecule has 1 atom stereocenters. The van der Waals surface area contributed by atoms with E-state index in [9.17, 15) is 4.79 Å². The molecule has 0 amide bonds. The largest absolute Gasteiger partial charge is 0.475 e. The number of hydrogen-bond acceptors (Lipinski definition) is 4. The Balaban J connectivity index is 1.95. The Morgan fingerprint density at radius 1 is 1.50 bits per heavy atom. The first-order chi connectivity index (χ1) is 9.55. The highest BCUT2D eigenvalue weighted by Gasteiger charge is 2.27. The number of likely N-dealkylation sites (tertiary alicyclic amines) is 1. The van der Waals surface area contributed by atoms with Gasteiger partial charge in [-0.1, -0.05) is 13.8 Å². The average Bonchev–Trinajstić information content (AvgIpc) is 2.99. The topological polar surface area (TPSA) is 56.9 Å². The summed E-state index contributed by atoms with van der Waals surface area (Å²) in [6, 6.07) is 2.45. The van der Waals surface area contributed by atoms with Crippen LogP contribution in [-0.2, 0) is 6.54 Å². The summed E-state index contributed by atoms with van der Waals surface area (Å²) >= 11 is 0. The molecule has 0 bridgehead atoms. The van der Waals surface area contributed by atoms with E-state index in [1.54, 1.807) is 6.92 Å². The predicted molar refractivity (Wildman–Crippen MR) is 77.0 cm³/mol. The van der Waals surface area contributed by atoms with E-state index in [4.69, 9.17) is 9.52 Å². The van der Waals surface area contributed by atoms with Gasteiger partial charge in [0.05, 0.1) is 6.54 Å². The molecule has 1 N–H and O–H groups in total. The molecule has 5 heteroatoms. The minimum atomic E-state index is -0.990. The van der Waals surface area contributed by atoms with Gasteiger partial charge in [0, 0.05) is 24.7 Å². The van der Waals surface area contributed by atoms with Crippen molar-refractivity contribution in [3.8, 4) is 0 Å². The molecular formula is C15H24N2O3. The number of furan rings is 1. The Hall–Kier alpha value is -1.33. The maximum absolute atomic E-state index is 11.0. The van der Waals surface area contributed by atoms with Gasteiger partial charge in [-0.15, -0.1) is 0 Å². The van der Waals surface area contributed by atoms with Gasteiger partial charge in [0.2, 0.25) is 5.76 Å². The van der Waals surface area contributed by atoms with E-state index in [0.29, 0.717) is 18.2 Å². The van der Waals surface area contributed by atoms with E-state index in [1.165, 1.54) is 6.42 Å². The van der Waals surface area contributed by atoms with Crippen molar-refractivity contribution in [2.24, 2.45) is 0 Å². The van der Waals surface area contributed by atoms with Crippen molar-refractivity contribution in [3.63, 3.8) is 0 Å². The van der Waals surface area contributed by atoms with Gasteiger partial charge < -0.3 is 9.52 Å². The van der Waals surface area contributed by atoms with Gasteiger partial charge in [0.25, 0.3) is 0 Å². The lowest BCUT2D eigenvalue weighted by Crippen LogP contribution is -2.37. The Morgan fingerprint density at radius 2 is 2.20 bits per heavy atom. The molecule has 1 unspecified atom stereocenters. The molecule has 0 saturated carbocycles. The number of hydrogen-bond donors (Lipinski definition) is 1. The fraction of sp³-hybridized carbons (Fsp3) is 0.667. The maximum atomic E-state index is 11.0. The van der Waals surface area contributed by atoms with Crippen molar-refractivity contribution in [2.45, 2.75) is 39.8 Å². The van der Waals surface area contributed by atoms with Crippen LogP contribution in [0, 0.1) is 6.92 Å². The summed E-state index contributed by atoms with van der Waals surface area (Å²) in [5.74, 6) is -0.171. The molecule has 1 aliphatic heterocycles. The van der Waals surface area contributed by atoms with Gasteiger partial charge in [-0.25, -0.2) is 4.79 Å². The molecular weight excluding hydrogens is 256 g/mol. The summed E-state index contributed by atoms with van der Waals surface area (Å²) in [5.41, 5.74) is 0.701. The summed E-state index contributed by atoms with van der Waals surface area (Å²) in [7, 11) is 0. The lowest BCUT2D eigenvalue weighted by Gasteiger charge is -2.26. The van der Waals surface area contributed by atoms with Crippen LogP contribution in [0.4, 0.5) is 0 Å². The standard InChI is InChI=1S/C15H24N2O3/c1-4-17(5-2)12-6-7-16(9-12)10-13-8-11(3)14(20-13)15(18)19/h8,12H,4-7,9-10H2,1-3H3,(H,18,19). The van der Waals surface area contributed by atoms with Crippen molar-refractivity contribution < 1.29 is 14.3 Å². The normalized spacial score (nSPS) is 19.9. The second-order valence-electron chi connectivity index (χ2n) is 5.43. The molecule has 2 rings (SSSR count). The van der Waals surface area contributed by atoms with Crippen LogP contribution in [0.2, 0.25) is 0 Å². The quantitative estimate of drug-likeness (QED) is 0.865. The van der Waals surface area contributed by atoms with Gasteiger partial charge in [0.15, 0.2) is 0 Å². The molecule has 1 fully saturated rings. The third-order valence-electron chi connectivity index (χ3n) is 4.12. The van der Waals surface area contributed by atoms with Crippen molar-refractivity contribution in [1.82, 2.24) is 9.80 Å². The van der Waals surface area contributed by atoms with Crippen LogP contribution in [-0.4, -0.2) is 53.1 Å². The molecule has 1 aromatic heterocycles. The fourth-order valence-corrected chi connectivity index (χ4v) is 3.05. The molecule has 1 saturated heterocycles. The van der Waals surface area contributed by atoms with Crippen LogP contribution in [0.1, 0.15) is 42.1 Å². The number of aryl methyl sites for hydroxylation is 1. The molecule has 112 valence electrons. The average molecular weight is 280 g/mol. The first-order valence-corrected chi connectivity index (χ1v) is 7.34. The van der Waals surface area contributed by atoms with Gasteiger partial charge >= 0.3 is 5.97 Å². The molecule has 0 spiro atoms. The minimum absolute atomic E-state index is 0.0690. The van der Waals surface area contributed by atoms with E-state index < -0.39 is 5.97 Å². The number of carboxylic acids is 1. The van der Waals surface area contributed by atoms with Crippen LogP contribution >= 0.6 is 0 Å². The zero-order chi connectivity index (χ0) is 14.7. The number of carbonyl (C=O) groups is 1. The first kappa shape index (κ1) is 15.1. The zero-order valence-electron chi connectivity index (χ0n) is 12.6. The fourth-order valence-electron chi connectivity index (χ4n) is 3.05. The molecule has 5 nitrogen and oxygen atoms in total. The van der Waals surface area contributed by atoms with Crippen molar-refractivity contribution in [2.75, 3.05) is 26.2 Å². The van der Waals surface area contributed by atoms with E-state index in [2.05, 4.69) is 23.6 Å². The molecule has 1 aromatic rings. The molecule has 20 heavy (non-hydrogen) atoms. The second-order valence-corrected chi connectivity index (χ2v) is 5.43. The van der Waals surface area contributed by atoms with Gasteiger partial charge in [-0.05, 0) is 32.5 Å². The molecule has 1 aliphatic rings. The van der Waals surface area contributed by atoms with Crippen LogP contribution < -0.4 is 0 Å². The van der Waals surface area contributed by atoms with Crippen LogP contribution in [0.25, 0.3) is 0 Å². The van der Waals surface area contributed by atoms with Crippen LogP contribution in [0.15, 0.2) is 10.5 Å². The monoisotopic (exact) mass is 280 g/mol. The van der Waals surface area contributed by atoms with Crippen molar-refractivity contribution in [1.29, 1.82) is 0 Å². The van der Waals surface area contributed by atoms with Gasteiger partial charge in [-0.3, -0.25) is 9.80 Å². The van der Waals surface area contributed by atoms with Crippen LogP contribution in [0.5, 0.6) is 0 Å².